The molecule has 0 unspecified atom stereocenters. The second-order valence-electron chi connectivity index (χ2n) is 8.50. The lowest BCUT2D eigenvalue weighted by Gasteiger charge is -2.41. The van der Waals surface area contributed by atoms with Crippen molar-refractivity contribution in [2.24, 2.45) is 5.41 Å². The molecule has 0 saturated heterocycles. The van der Waals surface area contributed by atoms with Gasteiger partial charge in [-0.3, -0.25) is 0 Å². The van der Waals surface area contributed by atoms with Crippen molar-refractivity contribution in [1.29, 1.82) is 5.26 Å². The van der Waals surface area contributed by atoms with E-state index >= 15 is 0 Å². The van der Waals surface area contributed by atoms with Gasteiger partial charge < -0.3 is 5.11 Å². The van der Waals surface area contributed by atoms with Crippen LogP contribution in [0.2, 0.25) is 0 Å². The molecule has 1 N–H and O–H groups in total. The Balaban J connectivity index is 1.56. The van der Waals surface area contributed by atoms with Crippen LogP contribution in [0.1, 0.15) is 48.6 Å². The van der Waals surface area contributed by atoms with Crippen LogP contribution in [0.15, 0.2) is 60.3 Å². The third-order valence-electron chi connectivity index (χ3n) is 6.96. The Morgan fingerprint density at radius 1 is 1.19 bits per heavy atom. The van der Waals surface area contributed by atoms with Gasteiger partial charge in [-0.05, 0) is 67.7 Å². The van der Waals surface area contributed by atoms with E-state index in [0.717, 1.165) is 29.8 Å². The van der Waals surface area contributed by atoms with E-state index in [9.17, 15) is 14.8 Å². The molecular formula is C27H22FN3O. The molecule has 158 valence electrons. The van der Waals surface area contributed by atoms with Gasteiger partial charge in [0.15, 0.2) is 0 Å². The number of fused-ring (bicyclic) bond motifs is 2. The largest absolute Gasteiger partial charge is 0.377 e. The standard InChI is InChI=1S/C27H22FN3O/c1-2-26-16-21-18-30-31(24-6-4-3-5-7-24)25(21)15-22(26)11-13-27(26,32)12-10-19-8-9-23(28)14-20(19)17-29/h3-9,14-15,18,32H,2,11,13,16H2,1H3/t26-,27-/m0/s1. The zero-order chi connectivity index (χ0) is 22.3. The molecule has 0 amide bonds. The minimum Gasteiger partial charge on any atom is -0.377 e. The lowest BCUT2D eigenvalue weighted by atomic mass is 9.64. The first kappa shape index (κ1) is 20.2. The van der Waals surface area contributed by atoms with Crippen molar-refractivity contribution in [2.75, 3.05) is 0 Å². The zero-order valence-electron chi connectivity index (χ0n) is 17.8. The van der Waals surface area contributed by atoms with Gasteiger partial charge in [-0.1, -0.05) is 42.5 Å². The van der Waals surface area contributed by atoms with Gasteiger partial charge >= 0.3 is 0 Å². The fourth-order valence-corrected chi connectivity index (χ4v) is 5.19. The second kappa shape index (κ2) is 7.48. The van der Waals surface area contributed by atoms with E-state index < -0.39 is 16.8 Å². The number of benzene rings is 2. The van der Waals surface area contributed by atoms with E-state index in [-0.39, 0.29) is 5.56 Å². The first-order valence-corrected chi connectivity index (χ1v) is 10.8. The third kappa shape index (κ3) is 2.98. The van der Waals surface area contributed by atoms with Crippen molar-refractivity contribution in [3.63, 3.8) is 0 Å². The summed E-state index contributed by atoms with van der Waals surface area (Å²) in [7, 11) is 0. The molecule has 0 radical (unpaired) electrons. The number of rotatable bonds is 2. The molecule has 0 spiro atoms. The molecule has 1 aromatic heterocycles. The average molecular weight is 423 g/mol. The Kier molecular flexibility index (Phi) is 4.73. The highest BCUT2D eigenvalue weighted by Crippen LogP contribution is 2.57. The van der Waals surface area contributed by atoms with Crippen molar-refractivity contribution in [3.05, 3.63) is 88.5 Å². The highest BCUT2D eigenvalue weighted by Gasteiger charge is 2.56. The van der Waals surface area contributed by atoms with Gasteiger partial charge in [0, 0.05) is 11.0 Å². The molecule has 2 atom stereocenters. The highest BCUT2D eigenvalue weighted by molar-refractivity contribution is 5.64. The molecule has 1 fully saturated rings. The average Bonchev–Trinajstić information content (AvgIpc) is 3.36. The topological polar surface area (TPSA) is 61.8 Å². The summed E-state index contributed by atoms with van der Waals surface area (Å²) in [5, 5.41) is 25.7. The van der Waals surface area contributed by atoms with Gasteiger partial charge in [0.2, 0.25) is 0 Å². The molecular weight excluding hydrogens is 401 g/mol. The van der Waals surface area contributed by atoms with E-state index in [2.05, 4.69) is 29.9 Å². The molecule has 3 aromatic rings. The van der Waals surface area contributed by atoms with Crippen molar-refractivity contribution in [1.82, 2.24) is 9.78 Å². The fraction of sp³-hybridized carbons (Fsp3) is 0.259. The van der Waals surface area contributed by atoms with Gasteiger partial charge in [-0.25, -0.2) is 9.07 Å². The normalized spacial score (nSPS) is 23.4. The number of para-hydroxylation sites is 1. The maximum atomic E-state index is 13.5. The Labute approximate surface area is 186 Å². The Morgan fingerprint density at radius 2 is 2.00 bits per heavy atom. The number of aliphatic hydroxyl groups is 1. The van der Waals surface area contributed by atoms with Gasteiger partial charge in [0.05, 0.1) is 23.1 Å². The summed E-state index contributed by atoms with van der Waals surface area (Å²) in [5.41, 5.74) is 3.18. The van der Waals surface area contributed by atoms with Crippen LogP contribution in [0.25, 0.3) is 11.8 Å². The predicted molar refractivity (Wildman–Crippen MR) is 120 cm³/mol. The van der Waals surface area contributed by atoms with E-state index in [1.165, 1.54) is 23.8 Å². The minimum atomic E-state index is -1.23. The molecule has 1 saturated carbocycles. The van der Waals surface area contributed by atoms with Crippen molar-refractivity contribution < 1.29 is 9.50 Å². The molecule has 4 nitrogen and oxygen atoms in total. The van der Waals surface area contributed by atoms with E-state index in [0.29, 0.717) is 18.4 Å². The lowest BCUT2D eigenvalue weighted by Crippen LogP contribution is -2.46. The quantitative estimate of drug-likeness (QED) is 0.603. The summed E-state index contributed by atoms with van der Waals surface area (Å²) >= 11 is 0. The molecule has 0 aliphatic heterocycles. The maximum absolute atomic E-state index is 13.5. The monoisotopic (exact) mass is 423 g/mol. The van der Waals surface area contributed by atoms with Crippen LogP contribution < -0.4 is 0 Å². The van der Waals surface area contributed by atoms with E-state index in [1.807, 2.05) is 47.3 Å². The molecule has 1 heterocycles. The smallest absolute Gasteiger partial charge is 0.135 e. The van der Waals surface area contributed by atoms with Gasteiger partial charge in [-0.15, -0.1) is 0 Å². The van der Waals surface area contributed by atoms with Crippen molar-refractivity contribution in [2.45, 2.75) is 38.2 Å². The number of hydrogen-bond donors (Lipinski definition) is 1. The van der Waals surface area contributed by atoms with Crippen LogP contribution in [-0.2, 0) is 6.42 Å². The number of nitrogens with zero attached hydrogens (tertiary/aromatic N) is 3. The molecule has 2 aliphatic rings. The van der Waals surface area contributed by atoms with E-state index in [4.69, 9.17) is 0 Å². The summed E-state index contributed by atoms with van der Waals surface area (Å²) in [5.74, 6) is 5.60. The van der Waals surface area contributed by atoms with Crippen LogP contribution in [-0.4, -0.2) is 20.5 Å². The predicted octanol–water partition coefficient (Wildman–Crippen LogP) is 4.80. The Bertz CT molecular complexity index is 1340. The summed E-state index contributed by atoms with van der Waals surface area (Å²) in [6.07, 6.45) is 6.69. The molecule has 5 rings (SSSR count). The molecule has 0 bridgehead atoms. The van der Waals surface area contributed by atoms with Crippen molar-refractivity contribution >= 4 is 6.08 Å². The second-order valence-corrected chi connectivity index (χ2v) is 8.50. The zero-order valence-corrected chi connectivity index (χ0v) is 17.8. The summed E-state index contributed by atoms with van der Waals surface area (Å²) in [6.45, 7) is 2.08. The Morgan fingerprint density at radius 3 is 2.75 bits per heavy atom. The molecule has 32 heavy (non-hydrogen) atoms. The Hall–Kier alpha value is -3.67. The van der Waals surface area contributed by atoms with Crippen molar-refractivity contribution in [3.8, 4) is 23.6 Å². The highest BCUT2D eigenvalue weighted by atomic mass is 19.1. The molecule has 2 aliphatic carbocycles. The fourth-order valence-electron chi connectivity index (χ4n) is 5.19. The van der Waals surface area contributed by atoms with E-state index in [1.54, 1.807) is 0 Å². The number of nitriles is 1. The third-order valence-corrected chi connectivity index (χ3v) is 6.96. The van der Waals surface area contributed by atoms with Gasteiger partial charge in [-0.2, -0.15) is 10.4 Å². The minimum absolute atomic E-state index is 0.176. The SMILES string of the molecule is CC[C@]12Cc3cnn(-c4ccccc4)c3C=C1CC[C@@]2(O)C#Cc1ccc(F)cc1C#N. The van der Waals surface area contributed by atoms with Crippen LogP contribution >= 0.6 is 0 Å². The van der Waals surface area contributed by atoms with Crippen LogP contribution in [0.5, 0.6) is 0 Å². The molecule has 5 heteroatoms. The number of halogens is 1. The van der Waals surface area contributed by atoms with Crippen LogP contribution in [0.3, 0.4) is 0 Å². The maximum Gasteiger partial charge on any atom is 0.135 e. The van der Waals surface area contributed by atoms with Gasteiger partial charge in [0.25, 0.3) is 0 Å². The van der Waals surface area contributed by atoms with Crippen LogP contribution in [0.4, 0.5) is 4.39 Å². The van der Waals surface area contributed by atoms with Crippen LogP contribution in [0, 0.1) is 34.4 Å². The van der Waals surface area contributed by atoms with Gasteiger partial charge in [0.1, 0.15) is 17.5 Å². The first-order chi connectivity index (χ1) is 15.5. The first-order valence-electron chi connectivity index (χ1n) is 10.8. The summed E-state index contributed by atoms with van der Waals surface area (Å²) in [6, 6.07) is 16.0. The lowest BCUT2D eigenvalue weighted by molar-refractivity contribution is 0.00242. The molecule has 2 aromatic carbocycles. The number of aromatic nitrogens is 2. The summed E-state index contributed by atoms with van der Waals surface area (Å²) in [4.78, 5) is 0. The number of hydrogen-bond acceptors (Lipinski definition) is 3. The summed E-state index contributed by atoms with van der Waals surface area (Å²) < 4.78 is 15.4.